The van der Waals surface area contributed by atoms with E-state index in [1.165, 1.54) is 0 Å². The van der Waals surface area contributed by atoms with Crippen LogP contribution in [0.4, 0.5) is 0 Å². The number of aryl methyl sites for hydroxylation is 2. The number of carboxylic acid groups (broad SMARTS) is 2. The Balaban J connectivity index is 2.15. The summed E-state index contributed by atoms with van der Waals surface area (Å²) in [5.41, 5.74) is 4.05. The van der Waals surface area contributed by atoms with E-state index in [0.717, 1.165) is 22.3 Å². The topological polar surface area (TPSA) is 104 Å². The Kier molecular flexibility index (Phi) is 8.59. The summed E-state index contributed by atoms with van der Waals surface area (Å²) in [5, 5.41) is 21.2. The van der Waals surface area contributed by atoms with Crippen LogP contribution >= 0.6 is 0 Å². The number of hydrogen-bond donors (Lipinski definition) is 3. The summed E-state index contributed by atoms with van der Waals surface area (Å²) in [7, 11) is 0. The van der Waals surface area contributed by atoms with E-state index in [1.54, 1.807) is 0 Å². The smallest absolute Gasteiger partial charge is 0.306 e. The molecule has 0 saturated heterocycles. The summed E-state index contributed by atoms with van der Waals surface area (Å²) in [6, 6.07) is 15.5. The molecule has 6 nitrogen and oxygen atoms in total. The Morgan fingerprint density at radius 2 is 1.27 bits per heavy atom. The first kappa shape index (κ1) is 23.1. The number of amides is 1. The molecule has 0 heterocycles. The zero-order valence-electron chi connectivity index (χ0n) is 17.4. The molecule has 3 N–H and O–H groups in total. The van der Waals surface area contributed by atoms with Gasteiger partial charge in [-0.05, 0) is 44.2 Å². The van der Waals surface area contributed by atoms with Crippen LogP contribution in [-0.4, -0.2) is 34.6 Å². The fourth-order valence-electron chi connectivity index (χ4n) is 3.35. The Morgan fingerprint density at radius 3 is 1.70 bits per heavy atom. The minimum absolute atomic E-state index is 0.0221. The molecule has 0 aliphatic heterocycles. The fourth-order valence-corrected chi connectivity index (χ4v) is 3.35. The third kappa shape index (κ3) is 7.70. The molecule has 0 spiro atoms. The van der Waals surface area contributed by atoms with E-state index >= 15 is 0 Å². The summed E-state index contributed by atoms with van der Waals surface area (Å²) < 4.78 is 0. The van der Waals surface area contributed by atoms with E-state index in [9.17, 15) is 19.5 Å². The van der Waals surface area contributed by atoms with Crippen molar-refractivity contribution in [2.45, 2.75) is 39.5 Å². The molecular weight excluding hydrogens is 382 g/mol. The second-order valence-corrected chi connectivity index (χ2v) is 7.78. The predicted molar refractivity (Wildman–Crippen MR) is 114 cm³/mol. The zero-order chi connectivity index (χ0) is 22.1. The molecule has 0 aliphatic rings. The summed E-state index contributed by atoms with van der Waals surface area (Å²) in [6.45, 7) is 3.97. The van der Waals surface area contributed by atoms with Crippen LogP contribution in [0.1, 0.15) is 35.1 Å². The molecule has 0 aliphatic carbocycles. The lowest BCUT2D eigenvalue weighted by molar-refractivity contribution is -0.142. The Labute approximate surface area is 176 Å². The molecule has 1 amide bonds. The summed E-state index contributed by atoms with van der Waals surface area (Å²) >= 11 is 0. The zero-order valence-corrected chi connectivity index (χ0v) is 17.4. The molecular formula is C24H29NO5. The average molecular weight is 411 g/mol. The number of nitrogens with one attached hydrogen (secondary N) is 1. The molecule has 0 radical (unpaired) electrons. The number of carbonyl (C=O) groups excluding carboxylic acids is 1. The van der Waals surface area contributed by atoms with Crippen LogP contribution in [0.25, 0.3) is 0 Å². The van der Waals surface area contributed by atoms with Gasteiger partial charge >= 0.3 is 11.9 Å². The molecule has 6 heteroatoms. The van der Waals surface area contributed by atoms with Crippen LogP contribution in [0.3, 0.4) is 0 Å². The number of aliphatic carboxylic acids is 2. The van der Waals surface area contributed by atoms with E-state index in [-0.39, 0.29) is 25.3 Å². The van der Waals surface area contributed by atoms with Gasteiger partial charge in [-0.3, -0.25) is 14.4 Å². The van der Waals surface area contributed by atoms with Crippen molar-refractivity contribution in [1.82, 2.24) is 5.32 Å². The van der Waals surface area contributed by atoms with Crippen molar-refractivity contribution in [3.63, 3.8) is 0 Å². The molecule has 0 saturated carbocycles. The summed E-state index contributed by atoms with van der Waals surface area (Å²) in [4.78, 5) is 35.4. The lowest BCUT2D eigenvalue weighted by atomic mass is 9.85. The maximum atomic E-state index is 12.8. The van der Waals surface area contributed by atoms with Crippen molar-refractivity contribution in [2.75, 3.05) is 6.54 Å². The van der Waals surface area contributed by atoms with Gasteiger partial charge in [0.15, 0.2) is 0 Å². The lowest BCUT2D eigenvalue weighted by Gasteiger charge is -2.21. The highest BCUT2D eigenvalue weighted by molar-refractivity contribution is 5.80. The second-order valence-electron chi connectivity index (χ2n) is 7.78. The second kappa shape index (κ2) is 11.1. The highest BCUT2D eigenvalue weighted by Gasteiger charge is 2.27. The SMILES string of the molecule is Cc1ccc(CC(C[C@H](Cc2ccc(C)cc2)C(=O)O)C(=O)NCCC(=O)O)cc1. The van der Waals surface area contributed by atoms with Crippen molar-refractivity contribution >= 4 is 17.8 Å². The molecule has 1 unspecified atom stereocenters. The molecule has 0 fully saturated rings. The van der Waals surface area contributed by atoms with Crippen molar-refractivity contribution in [2.24, 2.45) is 11.8 Å². The number of hydrogen-bond acceptors (Lipinski definition) is 3. The molecule has 2 atom stereocenters. The van der Waals surface area contributed by atoms with Gasteiger partial charge in [-0.25, -0.2) is 0 Å². The first-order chi connectivity index (χ1) is 14.2. The first-order valence-electron chi connectivity index (χ1n) is 10.1. The molecule has 160 valence electrons. The Morgan fingerprint density at radius 1 is 0.800 bits per heavy atom. The monoisotopic (exact) mass is 411 g/mol. The van der Waals surface area contributed by atoms with E-state index in [0.29, 0.717) is 12.8 Å². The van der Waals surface area contributed by atoms with Crippen molar-refractivity contribution in [1.29, 1.82) is 0 Å². The molecule has 2 aromatic carbocycles. The Bertz CT molecular complexity index is 858. The number of carbonyl (C=O) groups is 3. The van der Waals surface area contributed by atoms with Gasteiger partial charge in [0.2, 0.25) is 5.91 Å². The van der Waals surface area contributed by atoms with Gasteiger partial charge in [-0.1, -0.05) is 59.7 Å². The van der Waals surface area contributed by atoms with Gasteiger partial charge in [0.1, 0.15) is 0 Å². The molecule has 2 aromatic rings. The number of benzene rings is 2. The van der Waals surface area contributed by atoms with Crippen molar-refractivity contribution in [3.8, 4) is 0 Å². The van der Waals surface area contributed by atoms with Gasteiger partial charge in [-0.15, -0.1) is 0 Å². The average Bonchev–Trinajstić information content (AvgIpc) is 2.69. The van der Waals surface area contributed by atoms with Gasteiger partial charge < -0.3 is 15.5 Å². The fraction of sp³-hybridized carbons (Fsp3) is 0.375. The van der Waals surface area contributed by atoms with Crippen LogP contribution in [0.15, 0.2) is 48.5 Å². The van der Waals surface area contributed by atoms with E-state index in [1.807, 2.05) is 62.4 Å². The van der Waals surface area contributed by atoms with E-state index in [2.05, 4.69) is 5.32 Å². The first-order valence-corrected chi connectivity index (χ1v) is 10.1. The summed E-state index contributed by atoms with van der Waals surface area (Å²) in [5.74, 6) is -3.52. The molecule has 2 rings (SSSR count). The van der Waals surface area contributed by atoms with Gasteiger partial charge in [0.25, 0.3) is 0 Å². The number of rotatable bonds is 11. The van der Waals surface area contributed by atoms with Gasteiger partial charge in [0.05, 0.1) is 12.3 Å². The Hall–Kier alpha value is -3.15. The minimum Gasteiger partial charge on any atom is -0.481 e. The minimum atomic E-state index is -0.992. The quantitative estimate of drug-likeness (QED) is 0.526. The molecule has 0 aromatic heterocycles. The summed E-state index contributed by atoms with van der Waals surface area (Å²) in [6.07, 6.45) is 0.740. The van der Waals surface area contributed by atoms with Crippen molar-refractivity contribution in [3.05, 3.63) is 70.8 Å². The van der Waals surface area contributed by atoms with Gasteiger partial charge in [-0.2, -0.15) is 0 Å². The normalized spacial score (nSPS) is 12.7. The predicted octanol–water partition coefficient (Wildman–Crippen LogP) is 3.39. The van der Waals surface area contributed by atoms with Gasteiger partial charge in [0, 0.05) is 12.5 Å². The largest absolute Gasteiger partial charge is 0.481 e. The molecule has 0 bridgehead atoms. The highest BCUT2D eigenvalue weighted by Crippen LogP contribution is 2.22. The van der Waals surface area contributed by atoms with Crippen LogP contribution in [0.2, 0.25) is 0 Å². The van der Waals surface area contributed by atoms with E-state index in [4.69, 9.17) is 5.11 Å². The lowest BCUT2D eigenvalue weighted by Crippen LogP contribution is -2.36. The third-order valence-corrected chi connectivity index (χ3v) is 5.13. The molecule has 30 heavy (non-hydrogen) atoms. The van der Waals surface area contributed by atoms with Crippen LogP contribution in [-0.2, 0) is 27.2 Å². The highest BCUT2D eigenvalue weighted by atomic mass is 16.4. The van der Waals surface area contributed by atoms with Crippen molar-refractivity contribution < 1.29 is 24.6 Å². The third-order valence-electron chi connectivity index (χ3n) is 5.13. The van der Waals surface area contributed by atoms with Crippen LogP contribution in [0.5, 0.6) is 0 Å². The maximum Gasteiger partial charge on any atom is 0.306 e. The van der Waals surface area contributed by atoms with E-state index < -0.39 is 23.8 Å². The maximum absolute atomic E-state index is 12.8. The standard InChI is InChI=1S/C24H29NO5/c1-16-3-7-18(8-4-16)13-20(23(28)25-12-11-22(26)27)15-21(24(29)30)14-19-9-5-17(2)6-10-19/h3-10,20-21H,11-15H2,1-2H3,(H,25,28)(H,26,27)(H,29,30)/t20?,21-/m0/s1. The van der Waals surface area contributed by atoms with Crippen LogP contribution < -0.4 is 5.32 Å². The van der Waals surface area contributed by atoms with Crippen LogP contribution in [0, 0.1) is 25.7 Å². The number of carboxylic acids is 2.